The number of esters is 1. The number of hydrogen-bond donors (Lipinski definition) is 0. The fraction of sp³-hybridized carbons (Fsp3) is 0.160. The summed E-state index contributed by atoms with van der Waals surface area (Å²) in [5.41, 5.74) is 3.00. The van der Waals surface area contributed by atoms with Crippen LogP contribution in [0, 0.1) is 13.8 Å². The second-order valence-corrected chi connectivity index (χ2v) is 7.88. The molecule has 0 radical (unpaired) electrons. The number of carbonyl (C=O) groups excluding carboxylic acids is 1. The average Bonchev–Trinajstić information content (AvgIpc) is 2.78. The number of rotatable bonds is 6. The van der Waals surface area contributed by atoms with Crippen LogP contribution in [0.5, 0.6) is 5.75 Å². The molecule has 32 heavy (non-hydrogen) atoms. The van der Waals surface area contributed by atoms with Crippen LogP contribution in [0.1, 0.15) is 28.5 Å². The molecule has 0 N–H and O–H groups in total. The second kappa shape index (κ2) is 9.24. The van der Waals surface area contributed by atoms with Crippen molar-refractivity contribution in [3.63, 3.8) is 0 Å². The van der Waals surface area contributed by atoms with Gasteiger partial charge >= 0.3 is 5.97 Å². The number of aryl methyl sites for hydroxylation is 2. The molecule has 0 aliphatic heterocycles. The summed E-state index contributed by atoms with van der Waals surface area (Å²) < 4.78 is 13.0. The van der Waals surface area contributed by atoms with Gasteiger partial charge in [0.1, 0.15) is 18.0 Å². The maximum absolute atomic E-state index is 13.0. The monoisotopic (exact) mass is 448 g/mol. The van der Waals surface area contributed by atoms with Gasteiger partial charge in [0.15, 0.2) is 0 Å². The fourth-order valence-electron chi connectivity index (χ4n) is 3.31. The minimum absolute atomic E-state index is 0.148. The van der Waals surface area contributed by atoms with E-state index >= 15 is 0 Å². The molecule has 0 bridgehead atoms. The first-order chi connectivity index (χ1) is 15.4. The third kappa shape index (κ3) is 4.81. The summed E-state index contributed by atoms with van der Waals surface area (Å²) in [5.74, 6) is -0.0610. The summed E-state index contributed by atoms with van der Waals surface area (Å²) >= 11 is 6.03. The van der Waals surface area contributed by atoms with E-state index in [1.807, 2.05) is 38.1 Å². The zero-order chi connectivity index (χ0) is 22.7. The van der Waals surface area contributed by atoms with Gasteiger partial charge in [-0.3, -0.25) is 9.20 Å². The molecule has 0 aliphatic rings. The Morgan fingerprint density at radius 3 is 2.59 bits per heavy atom. The Labute approximate surface area is 190 Å². The molecule has 1 unspecified atom stereocenters. The van der Waals surface area contributed by atoms with Crippen molar-refractivity contribution in [2.45, 2.75) is 26.6 Å². The number of ether oxygens (including phenoxy) is 2. The number of halogens is 1. The molecule has 7 heteroatoms. The first kappa shape index (κ1) is 21.6. The van der Waals surface area contributed by atoms with E-state index in [2.05, 4.69) is 4.98 Å². The highest BCUT2D eigenvalue weighted by atomic mass is 35.5. The van der Waals surface area contributed by atoms with Crippen LogP contribution in [0.25, 0.3) is 5.65 Å². The lowest BCUT2D eigenvalue weighted by Gasteiger charge is -2.19. The maximum Gasteiger partial charge on any atom is 0.352 e. The lowest BCUT2D eigenvalue weighted by Crippen LogP contribution is -2.23. The number of aromatic nitrogens is 2. The summed E-state index contributed by atoms with van der Waals surface area (Å²) in [6.45, 7) is 3.60. The molecule has 6 nitrogen and oxygen atoms in total. The van der Waals surface area contributed by atoms with E-state index in [-0.39, 0.29) is 12.2 Å². The third-order valence-corrected chi connectivity index (χ3v) is 5.16. The normalized spacial score (nSPS) is 11.8. The van der Waals surface area contributed by atoms with Crippen LogP contribution in [0.3, 0.4) is 0 Å². The highest BCUT2D eigenvalue weighted by Gasteiger charge is 2.25. The van der Waals surface area contributed by atoms with E-state index < -0.39 is 12.1 Å². The smallest absolute Gasteiger partial charge is 0.352 e. The summed E-state index contributed by atoms with van der Waals surface area (Å²) in [6, 6.07) is 19.2. The number of benzene rings is 2. The van der Waals surface area contributed by atoms with Crippen molar-refractivity contribution >= 4 is 23.2 Å². The van der Waals surface area contributed by atoms with E-state index in [0.717, 1.165) is 11.1 Å². The molecule has 2 aromatic carbocycles. The van der Waals surface area contributed by atoms with Gasteiger partial charge in [-0.2, -0.15) is 0 Å². The molecule has 0 spiro atoms. The van der Waals surface area contributed by atoms with Crippen molar-refractivity contribution in [2.24, 2.45) is 0 Å². The van der Waals surface area contributed by atoms with E-state index in [9.17, 15) is 9.59 Å². The van der Waals surface area contributed by atoms with Gasteiger partial charge in [0.05, 0.1) is 5.69 Å². The van der Waals surface area contributed by atoms with Crippen LogP contribution in [0.2, 0.25) is 5.02 Å². The van der Waals surface area contributed by atoms with Gasteiger partial charge in [0.2, 0.25) is 6.10 Å². The quantitative estimate of drug-likeness (QED) is 0.395. The van der Waals surface area contributed by atoms with Crippen molar-refractivity contribution in [1.29, 1.82) is 0 Å². The Kier molecular flexibility index (Phi) is 6.23. The van der Waals surface area contributed by atoms with Gasteiger partial charge in [0.25, 0.3) is 5.56 Å². The van der Waals surface area contributed by atoms with Gasteiger partial charge in [-0.05, 0) is 49.2 Å². The molecule has 0 aliphatic carbocycles. The molecule has 4 aromatic rings. The average molecular weight is 449 g/mol. The third-order valence-electron chi connectivity index (χ3n) is 4.92. The molecule has 0 amide bonds. The molecule has 0 fully saturated rings. The summed E-state index contributed by atoms with van der Waals surface area (Å²) in [7, 11) is 0. The molecule has 162 valence electrons. The largest absolute Gasteiger partial charge is 0.474 e. The van der Waals surface area contributed by atoms with Crippen molar-refractivity contribution in [3.8, 4) is 5.75 Å². The highest BCUT2D eigenvalue weighted by molar-refractivity contribution is 6.30. The van der Waals surface area contributed by atoms with Gasteiger partial charge in [-0.25, -0.2) is 9.78 Å². The molecule has 2 heterocycles. The lowest BCUT2D eigenvalue weighted by atomic mass is 10.1. The number of fused-ring (bicyclic) bond motifs is 1. The summed E-state index contributed by atoms with van der Waals surface area (Å²) in [4.78, 5) is 29.8. The lowest BCUT2D eigenvalue weighted by molar-refractivity contribution is -0.153. The van der Waals surface area contributed by atoms with Crippen LogP contribution >= 0.6 is 11.6 Å². The van der Waals surface area contributed by atoms with Crippen LogP contribution < -0.4 is 10.3 Å². The summed E-state index contributed by atoms with van der Waals surface area (Å²) in [6.07, 6.45) is 0.731. The first-order valence-corrected chi connectivity index (χ1v) is 10.4. The highest BCUT2D eigenvalue weighted by Crippen LogP contribution is 2.28. The minimum Gasteiger partial charge on any atom is -0.474 e. The Morgan fingerprint density at radius 2 is 1.84 bits per heavy atom. The molecular weight excluding hydrogens is 428 g/mol. The van der Waals surface area contributed by atoms with Crippen LogP contribution in [0.15, 0.2) is 77.7 Å². The predicted molar refractivity (Wildman–Crippen MR) is 122 cm³/mol. The van der Waals surface area contributed by atoms with Gasteiger partial charge < -0.3 is 9.47 Å². The van der Waals surface area contributed by atoms with Crippen LogP contribution in [-0.2, 0) is 16.1 Å². The molecular formula is C25H21ClN2O4. The second-order valence-electron chi connectivity index (χ2n) is 7.45. The predicted octanol–water partition coefficient (Wildman–Crippen LogP) is 4.83. The Balaban J connectivity index is 1.57. The van der Waals surface area contributed by atoms with Crippen molar-refractivity contribution in [1.82, 2.24) is 9.38 Å². The number of pyridine rings is 1. The van der Waals surface area contributed by atoms with E-state index in [1.54, 1.807) is 42.6 Å². The SMILES string of the molecule is Cc1ccc2nc(COC(=O)C(Oc3ccc(Cl)cc3C)c3ccccc3)cc(=O)n2c1. The fourth-order valence-corrected chi connectivity index (χ4v) is 3.53. The maximum atomic E-state index is 13.0. The van der Waals surface area contributed by atoms with Crippen molar-refractivity contribution < 1.29 is 14.3 Å². The van der Waals surface area contributed by atoms with Crippen molar-refractivity contribution in [3.05, 3.63) is 111 Å². The zero-order valence-electron chi connectivity index (χ0n) is 17.6. The molecule has 1 atom stereocenters. The van der Waals surface area contributed by atoms with Crippen LogP contribution in [-0.4, -0.2) is 15.4 Å². The Morgan fingerprint density at radius 1 is 1.06 bits per heavy atom. The first-order valence-electron chi connectivity index (χ1n) is 10.0. The standard InChI is InChI=1S/C25H21ClN2O4/c1-16-8-11-22-27-20(13-23(29)28(22)14-16)15-31-25(30)24(18-6-4-3-5-7-18)32-21-10-9-19(26)12-17(21)2/h3-14,24H,15H2,1-2H3. The van der Waals surface area contributed by atoms with Gasteiger partial charge in [-0.15, -0.1) is 0 Å². The summed E-state index contributed by atoms with van der Waals surface area (Å²) in [5, 5.41) is 0.581. The minimum atomic E-state index is -0.986. The number of nitrogens with zero attached hydrogens (tertiary/aromatic N) is 2. The molecule has 0 saturated heterocycles. The van der Waals surface area contributed by atoms with Gasteiger partial charge in [-0.1, -0.05) is 48.0 Å². The Hall–Kier alpha value is -3.64. The molecule has 4 rings (SSSR count). The Bertz CT molecular complexity index is 1340. The van der Waals surface area contributed by atoms with E-state index in [4.69, 9.17) is 21.1 Å². The van der Waals surface area contributed by atoms with Gasteiger partial charge in [0, 0.05) is 22.8 Å². The molecule has 2 aromatic heterocycles. The zero-order valence-corrected chi connectivity index (χ0v) is 18.4. The molecule has 0 saturated carbocycles. The van der Waals surface area contributed by atoms with E-state index in [0.29, 0.717) is 27.7 Å². The number of carbonyl (C=O) groups is 1. The van der Waals surface area contributed by atoms with Crippen LogP contribution in [0.4, 0.5) is 0 Å². The number of hydrogen-bond acceptors (Lipinski definition) is 5. The topological polar surface area (TPSA) is 69.9 Å². The van der Waals surface area contributed by atoms with Crippen molar-refractivity contribution in [2.75, 3.05) is 0 Å². The van der Waals surface area contributed by atoms with E-state index in [1.165, 1.54) is 10.5 Å².